The molecule has 1 saturated carbocycles. The van der Waals surface area contributed by atoms with Crippen LogP contribution in [-0.2, 0) is 6.54 Å². The Kier molecular flexibility index (Phi) is 6.86. The third-order valence-electron chi connectivity index (χ3n) is 3.27. The highest BCUT2D eigenvalue weighted by molar-refractivity contribution is 6.30. The van der Waals surface area contributed by atoms with Gasteiger partial charge in [-0.2, -0.15) is 0 Å². The van der Waals surface area contributed by atoms with Crippen LogP contribution in [0.1, 0.15) is 44.1 Å². The zero-order valence-corrected chi connectivity index (χ0v) is 11.6. The van der Waals surface area contributed by atoms with E-state index in [4.69, 9.17) is 11.6 Å². The first kappa shape index (κ1) is 14.7. The molecule has 17 heavy (non-hydrogen) atoms. The van der Waals surface area contributed by atoms with Gasteiger partial charge < -0.3 is 5.32 Å². The predicted octanol–water partition coefficient (Wildman–Crippen LogP) is 3.97. The smallest absolute Gasteiger partial charge is 0.133 e. The highest BCUT2D eigenvalue weighted by Crippen LogP contribution is 2.18. The second kappa shape index (κ2) is 7.91. The van der Waals surface area contributed by atoms with Crippen molar-refractivity contribution in [1.29, 1.82) is 0 Å². The van der Waals surface area contributed by atoms with Crippen molar-refractivity contribution in [2.75, 3.05) is 0 Å². The minimum Gasteiger partial charge on any atom is -0.310 e. The van der Waals surface area contributed by atoms with E-state index in [2.05, 4.69) is 10.3 Å². The highest BCUT2D eigenvalue weighted by atomic mass is 35.5. The van der Waals surface area contributed by atoms with Crippen molar-refractivity contribution < 1.29 is 0 Å². The summed E-state index contributed by atoms with van der Waals surface area (Å²) in [6.07, 6.45) is 9.85. The summed E-state index contributed by atoms with van der Waals surface area (Å²) in [7, 11) is 0. The third-order valence-corrected chi connectivity index (χ3v) is 3.61. The second-order valence-electron chi connectivity index (χ2n) is 4.52. The van der Waals surface area contributed by atoms with Crippen molar-refractivity contribution in [3.63, 3.8) is 0 Å². The Balaban J connectivity index is 0.00000144. The van der Waals surface area contributed by atoms with Crippen LogP contribution in [0, 0.1) is 0 Å². The largest absolute Gasteiger partial charge is 0.310 e. The zero-order valence-electron chi connectivity index (χ0n) is 9.99. The molecule has 0 unspecified atom stereocenters. The third kappa shape index (κ3) is 4.82. The van der Waals surface area contributed by atoms with E-state index in [0.29, 0.717) is 11.2 Å². The maximum Gasteiger partial charge on any atom is 0.133 e. The van der Waals surface area contributed by atoms with Gasteiger partial charge in [-0.15, -0.1) is 12.4 Å². The Morgan fingerprint density at radius 1 is 1.24 bits per heavy atom. The van der Waals surface area contributed by atoms with E-state index in [1.165, 1.54) is 38.5 Å². The SMILES string of the molecule is Cl.Clc1ncccc1CNC1CCCCCC1. The Bertz CT molecular complexity index is 323. The minimum absolute atomic E-state index is 0. The van der Waals surface area contributed by atoms with Crippen molar-refractivity contribution in [3.8, 4) is 0 Å². The molecule has 4 heteroatoms. The first-order chi connectivity index (χ1) is 7.86. The summed E-state index contributed by atoms with van der Waals surface area (Å²) in [6.45, 7) is 0.845. The number of hydrogen-bond acceptors (Lipinski definition) is 2. The molecular weight excluding hydrogens is 255 g/mol. The quantitative estimate of drug-likeness (QED) is 0.667. The Morgan fingerprint density at radius 3 is 2.59 bits per heavy atom. The number of nitrogens with one attached hydrogen (secondary N) is 1. The number of pyridine rings is 1. The first-order valence-corrected chi connectivity index (χ1v) is 6.57. The van der Waals surface area contributed by atoms with Gasteiger partial charge in [-0.1, -0.05) is 43.4 Å². The van der Waals surface area contributed by atoms with Crippen molar-refractivity contribution >= 4 is 24.0 Å². The summed E-state index contributed by atoms with van der Waals surface area (Å²) in [5, 5.41) is 4.22. The van der Waals surface area contributed by atoms with E-state index in [1.807, 2.05) is 12.1 Å². The monoisotopic (exact) mass is 274 g/mol. The van der Waals surface area contributed by atoms with Crippen LogP contribution in [0.15, 0.2) is 18.3 Å². The number of halogens is 2. The van der Waals surface area contributed by atoms with Gasteiger partial charge in [0.05, 0.1) is 0 Å². The fourth-order valence-corrected chi connectivity index (χ4v) is 2.48. The fourth-order valence-electron chi connectivity index (χ4n) is 2.29. The average molecular weight is 275 g/mol. The lowest BCUT2D eigenvalue weighted by Gasteiger charge is -2.16. The van der Waals surface area contributed by atoms with Gasteiger partial charge in [-0.25, -0.2) is 4.98 Å². The Morgan fingerprint density at radius 2 is 1.94 bits per heavy atom. The van der Waals surface area contributed by atoms with Gasteiger partial charge >= 0.3 is 0 Å². The van der Waals surface area contributed by atoms with Crippen molar-refractivity contribution in [2.24, 2.45) is 0 Å². The molecule has 0 radical (unpaired) electrons. The lowest BCUT2D eigenvalue weighted by atomic mass is 10.1. The van der Waals surface area contributed by atoms with E-state index in [-0.39, 0.29) is 12.4 Å². The molecule has 0 saturated heterocycles. The van der Waals surface area contributed by atoms with Gasteiger partial charge in [0.15, 0.2) is 0 Å². The molecule has 1 aromatic rings. The van der Waals surface area contributed by atoms with Gasteiger partial charge in [0, 0.05) is 24.3 Å². The van der Waals surface area contributed by atoms with Crippen LogP contribution in [0.5, 0.6) is 0 Å². The summed E-state index contributed by atoms with van der Waals surface area (Å²) < 4.78 is 0. The first-order valence-electron chi connectivity index (χ1n) is 6.19. The lowest BCUT2D eigenvalue weighted by Crippen LogP contribution is -2.28. The normalized spacial score (nSPS) is 17.2. The van der Waals surface area contributed by atoms with Gasteiger partial charge in [-0.3, -0.25) is 0 Å². The molecule has 1 aromatic heterocycles. The van der Waals surface area contributed by atoms with E-state index in [1.54, 1.807) is 6.20 Å². The summed E-state index contributed by atoms with van der Waals surface area (Å²) in [5.41, 5.74) is 1.11. The minimum atomic E-state index is 0. The molecular formula is C13H20Cl2N2. The maximum absolute atomic E-state index is 6.02. The number of nitrogens with zero attached hydrogens (tertiary/aromatic N) is 1. The number of hydrogen-bond donors (Lipinski definition) is 1. The van der Waals surface area contributed by atoms with Crippen LogP contribution in [0.2, 0.25) is 5.15 Å². The molecule has 0 atom stereocenters. The molecule has 1 fully saturated rings. The molecule has 0 amide bonds. The molecule has 2 nitrogen and oxygen atoms in total. The topological polar surface area (TPSA) is 24.9 Å². The maximum atomic E-state index is 6.02. The number of aromatic nitrogens is 1. The average Bonchev–Trinajstić information content (AvgIpc) is 2.56. The van der Waals surface area contributed by atoms with Crippen LogP contribution >= 0.6 is 24.0 Å². The number of rotatable bonds is 3. The molecule has 0 spiro atoms. The van der Waals surface area contributed by atoms with Gasteiger partial charge in [-0.05, 0) is 18.9 Å². The Hall–Kier alpha value is -0.310. The molecule has 1 N–H and O–H groups in total. The van der Waals surface area contributed by atoms with E-state index < -0.39 is 0 Å². The van der Waals surface area contributed by atoms with Crippen molar-refractivity contribution in [2.45, 2.75) is 51.1 Å². The van der Waals surface area contributed by atoms with Crippen molar-refractivity contribution in [1.82, 2.24) is 10.3 Å². The standard InChI is InChI=1S/C13H19ClN2.ClH/c14-13-11(6-5-9-15-13)10-16-12-7-3-1-2-4-8-12;/h5-6,9,12,16H,1-4,7-8,10H2;1H. The van der Waals surface area contributed by atoms with Gasteiger partial charge in [0.25, 0.3) is 0 Å². The predicted molar refractivity (Wildman–Crippen MR) is 74.8 cm³/mol. The van der Waals surface area contributed by atoms with E-state index >= 15 is 0 Å². The lowest BCUT2D eigenvalue weighted by molar-refractivity contribution is 0.459. The molecule has 1 heterocycles. The molecule has 0 aliphatic heterocycles. The van der Waals surface area contributed by atoms with Gasteiger partial charge in [0.1, 0.15) is 5.15 Å². The molecule has 0 bridgehead atoms. The summed E-state index contributed by atoms with van der Waals surface area (Å²) >= 11 is 6.02. The van der Waals surface area contributed by atoms with Crippen LogP contribution in [0.25, 0.3) is 0 Å². The van der Waals surface area contributed by atoms with E-state index in [0.717, 1.165) is 12.1 Å². The highest BCUT2D eigenvalue weighted by Gasteiger charge is 2.11. The van der Waals surface area contributed by atoms with Crippen LogP contribution in [0.4, 0.5) is 0 Å². The Labute approximate surface area is 115 Å². The summed E-state index contributed by atoms with van der Waals surface area (Å²) in [5.74, 6) is 0. The summed E-state index contributed by atoms with van der Waals surface area (Å²) in [6, 6.07) is 4.65. The fraction of sp³-hybridized carbons (Fsp3) is 0.615. The second-order valence-corrected chi connectivity index (χ2v) is 4.88. The van der Waals surface area contributed by atoms with E-state index in [9.17, 15) is 0 Å². The van der Waals surface area contributed by atoms with Crippen LogP contribution in [-0.4, -0.2) is 11.0 Å². The van der Waals surface area contributed by atoms with Gasteiger partial charge in [0.2, 0.25) is 0 Å². The van der Waals surface area contributed by atoms with Crippen LogP contribution in [0.3, 0.4) is 0 Å². The van der Waals surface area contributed by atoms with Crippen molar-refractivity contribution in [3.05, 3.63) is 29.0 Å². The van der Waals surface area contributed by atoms with Crippen LogP contribution < -0.4 is 5.32 Å². The molecule has 2 rings (SSSR count). The zero-order chi connectivity index (χ0) is 11.2. The molecule has 0 aromatic carbocycles. The molecule has 1 aliphatic rings. The molecule has 96 valence electrons. The summed E-state index contributed by atoms with van der Waals surface area (Å²) in [4.78, 5) is 4.09. The molecule has 1 aliphatic carbocycles.